The zero-order valence-corrected chi connectivity index (χ0v) is 16.4. The van der Waals surface area contributed by atoms with E-state index in [0.717, 1.165) is 51.0 Å². The van der Waals surface area contributed by atoms with E-state index in [1.165, 1.54) is 4.88 Å². The molecule has 2 saturated heterocycles. The minimum Gasteiger partial charge on any atom is -0.371 e. The molecule has 0 unspecified atom stereocenters. The molecule has 0 aromatic carbocycles. The second-order valence-electron chi connectivity index (χ2n) is 7.45. The molecule has 1 spiro atoms. The van der Waals surface area contributed by atoms with Gasteiger partial charge in [-0.05, 0) is 37.0 Å². The van der Waals surface area contributed by atoms with E-state index in [9.17, 15) is 4.79 Å². The van der Waals surface area contributed by atoms with Crippen molar-refractivity contribution in [2.75, 3.05) is 32.8 Å². The first kappa shape index (κ1) is 18.5. The number of amides is 1. The third-order valence-corrected chi connectivity index (χ3v) is 6.37. The van der Waals surface area contributed by atoms with E-state index < -0.39 is 0 Å². The second-order valence-corrected chi connectivity index (χ2v) is 8.42. The SMILES string of the molecule is O=C(CCc1ccncc1)N1CCOC2(CCN(Cc3cncs3)CC2)C1. The highest BCUT2D eigenvalue weighted by atomic mass is 32.1. The van der Waals surface area contributed by atoms with Crippen LogP contribution >= 0.6 is 11.3 Å². The Balaban J connectivity index is 1.28. The molecular formula is C20H26N4O2S. The van der Waals surface area contributed by atoms with Gasteiger partial charge in [-0.15, -0.1) is 11.3 Å². The number of hydrogen-bond donors (Lipinski definition) is 0. The maximum absolute atomic E-state index is 12.7. The van der Waals surface area contributed by atoms with E-state index in [4.69, 9.17) is 4.74 Å². The lowest BCUT2D eigenvalue weighted by Crippen LogP contribution is -2.57. The average molecular weight is 387 g/mol. The van der Waals surface area contributed by atoms with Gasteiger partial charge in [0.2, 0.25) is 5.91 Å². The first-order chi connectivity index (χ1) is 13.2. The van der Waals surface area contributed by atoms with Gasteiger partial charge in [0.25, 0.3) is 0 Å². The summed E-state index contributed by atoms with van der Waals surface area (Å²) in [7, 11) is 0. The number of morpholine rings is 1. The first-order valence-electron chi connectivity index (χ1n) is 9.63. The third-order valence-electron chi connectivity index (χ3n) is 5.61. The molecule has 2 aliphatic heterocycles. The highest BCUT2D eigenvalue weighted by Crippen LogP contribution is 2.31. The molecule has 0 saturated carbocycles. The summed E-state index contributed by atoms with van der Waals surface area (Å²) in [5.41, 5.74) is 2.90. The van der Waals surface area contributed by atoms with Crippen molar-refractivity contribution in [3.63, 3.8) is 0 Å². The van der Waals surface area contributed by atoms with Crippen molar-refractivity contribution in [3.8, 4) is 0 Å². The van der Waals surface area contributed by atoms with E-state index in [2.05, 4.69) is 14.9 Å². The molecule has 2 fully saturated rings. The van der Waals surface area contributed by atoms with E-state index in [1.54, 1.807) is 23.7 Å². The second kappa shape index (κ2) is 8.46. The first-order valence-corrected chi connectivity index (χ1v) is 10.5. The normalized spacial score (nSPS) is 20.1. The molecule has 0 N–H and O–H groups in total. The Hall–Kier alpha value is -1.83. The highest BCUT2D eigenvalue weighted by Gasteiger charge is 2.40. The van der Waals surface area contributed by atoms with Crippen molar-refractivity contribution in [2.45, 2.75) is 37.8 Å². The predicted molar refractivity (Wildman–Crippen MR) is 104 cm³/mol. The summed E-state index contributed by atoms with van der Waals surface area (Å²) in [6.45, 7) is 5.08. The quantitative estimate of drug-likeness (QED) is 0.790. The molecule has 1 amide bonds. The van der Waals surface area contributed by atoms with Gasteiger partial charge in [0, 0.05) is 62.6 Å². The van der Waals surface area contributed by atoms with E-state index >= 15 is 0 Å². The van der Waals surface area contributed by atoms with Crippen LogP contribution in [0.5, 0.6) is 0 Å². The van der Waals surface area contributed by atoms with Crippen molar-refractivity contribution in [2.24, 2.45) is 0 Å². The number of pyridine rings is 1. The summed E-state index contributed by atoms with van der Waals surface area (Å²) in [4.78, 5) is 26.7. The van der Waals surface area contributed by atoms with Gasteiger partial charge in [-0.25, -0.2) is 0 Å². The number of carbonyl (C=O) groups excluding carboxylic acids is 1. The summed E-state index contributed by atoms with van der Waals surface area (Å²) in [6.07, 6.45) is 8.81. The molecule has 0 bridgehead atoms. The fourth-order valence-electron chi connectivity index (χ4n) is 3.98. The number of thiazole rings is 1. The number of aryl methyl sites for hydroxylation is 1. The fourth-order valence-corrected chi connectivity index (χ4v) is 4.61. The van der Waals surface area contributed by atoms with Crippen molar-refractivity contribution in [3.05, 3.63) is 46.7 Å². The van der Waals surface area contributed by atoms with Crippen LogP contribution in [-0.4, -0.2) is 64.1 Å². The number of ether oxygens (including phenoxy) is 1. The van der Waals surface area contributed by atoms with Crippen molar-refractivity contribution in [1.29, 1.82) is 0 Å². The minimum atomic E-state index is -0.158. The maximum Gasteiger partial charge on any atom is 0.223 e. The molecule has 4 rings (SSSR count). The molecular weight excluding hydrogens is 360 g/mol. The largest absolute Gasteiger partial charge is 0.371 e. The van der Waals surface area contributed by atoms with Gasteiger partial charge < -0.3 is 9.64 Å². The summed E-state index contributed by atoms with van der Waals surface area (Å²) in [5.74, 6) is 0.238. The molecule has 7 heteroatoms. The number of hydrogen-bond acceptors (Lipinski definition) is 6. The van der Waals surface area contributed by atoms with Crippen molar-refractivity contribution < 1.29 is 9.53 Å². The van der Waals surface area contributed by atoms with Crippen LogP contribution in [0.2, 0.25) is 0 Å². The maximum atomic E-state index is 12.7. The zero-order chi connectivity index (χ0) is 18.5. The molecule has 2 aromatic heterocycles. The number of piperidine rings is 1. The number of carbonyl (C=O) groups is 1. The number of nitrogens with zero attached hydrogens (tertiary/aromatic N) is 4. The zero-order valence-electron chi connectivity index (χ0n) is 15.5. The molecule has 0 atom stereocenters. The Morgan fingerprint density at radius 3 is 2.74 bits per heavy atom. The van der Waals surface area contributed by atoms with Crippen LogP contribution < -0.4 is 0 Å². The predicted octanol–water partition coefficient (Wildman–Crippen LogP) is 2.36. The molecule has 6 nitrogen and oxygen atoms in total. The molecule has 27 heavy (non-hydrogen) atoms. The summed E-state index contributed by atoms with van der Waals surface area (Å²) < 4.78 is 6.19. The minimum absolute atomic E-state index is 0.158. The molecule has 4 heterocycles. The van der Waals surface area contributed by atoms with Crippen LogP contribution in [-0.2, 0) is 22.5 Å². The summed E-state index contributed by atoms with van der Waals surface area (Å²) in [6, 6.07) is 3.96. The topological polar surface area (TPSA) is 58.6 Å². The Bertz CT molecular complexity index is 730. The van der Waals surface area contributed by atoms with Crippen LogP contribution in [0, 0.1) is 0 Å². The van der Waals surface area contributed by atoms with Crippen molar-refractivity contribution >= 4 is 17.2 Å². The van der Waals surface area contributed by atoms with E-state index in [1.807, 2.05) is 28.7 Å². The van der Waals surface area contributed by atoms with E-state index in [0.29, 0.717) is 19.6 Å². The molecule has 2 aromatic rings. The van der Waals surface area contributed by atoms with Crippen LogP contribution in [0.25, 0.3) is 0 Å². The molecule has 2 aliphatic rings. The van der Waals surface area contributed by atoms with Gasteiger partial charge in [0.05, 0.1) is 17.7 Å². The smallest absolute Gasteiger partial charge is 0.223 e. The number of likely N-dealkylation sites (tertiary alicyclic amines) is 1. The monoisotopic (exact) mass is 386 g/mol. The van der Waals surface area contributed by atoms with E-state index in [-0.39, 0.29) is 11.5 Å². The lowest BCUT2D eigenvalue weighted by Gasteiger charge is -2.47. The van der Waals surface area contributed by atoms with Gasteiger partial charge in [-0.2, -0.15) is 0 Å². The van der Waals surface area contributed by atoms with Crippen LogP contribution in [0.4, 0.5) is 0 Å². The lowest BCUT2D eigenvalue weighted by atomic mass is 9.89. The van der Waals surface area contributed by atoms with Gasteiger partial charge in [0.15, 0.2) is 0 Å². The van der Waals surface area contributed by atoms with Gasteiger partial charge in [0.1, 0.15) is 0 Å². The fraction of sp³-hybridized carbons (Fsp3) is 0.550. The Kier molecular flexibility index (Phi) is 5.80. The van der Waals surface area contributed by atoms with Crippen LogP contribution in [0.3, 0.4) is 0 Å². The summed E-state index contributed by atoms with van der Waals surface area (Å²) >= 11 is 1.71. The molecule has 144 valence electrons. The van der Waals surface area contributed by atoms with Crippen LogP contribution in [0.15, 0.2) is 36.2 Å². The van der Waals surface area contributed by atoms with Crippen molar-refractivity contribution in [1.82, 2.24) is 19.8 Å². The Morgan fingerprint density at radius 1 is 1.19 bits per heavy atom. The Morgan fingerprint density at radius 2 is 2.00 bits per heavy atom. The number of rotatable bonds is 5. The number of aromatic nitrogens is 2. The molecule has 0 aliphatic carbocycles. The Labute approximate surface area is 164 Å². The third kappa shape index (κ3) is 4.72. The summed E-state index contributed by atoms with van der Waals surface area (Å²) in [5, 5.41) is 0. The van der Waals surface area contributed by atoms with Gasteiger partial charge in [-0.3, -0.25) is 19.7 Å². The standard InChI is InChI=1S/C20H26N4O2S/c25-19(2-1-17-3-7-21-8-4-17)24-11-12-26-20(15-24)5-9-23(10-6-20)14-18-13-22-16-27-18/h3-4,7-8,13,16H,1-2,5-6,9-12,14-15H2. The molecule has 0 radical (unpaired) electrons. The lowest BCUT2D eigenvalue weighted by molar-refractivity contribution is -0.159. The van der Waals surface area contributed by atoms with Gasteiger partial charge in [-0.1, -0.05) is 0 Å². The van der Waals surface area contributed by atoms with Crippen LogP contribution in [0.1, 0.15) is 29.7 Å². The average Bonchev–Trinajstić information content (AvgIpc) is 3.22. The van der Waals surface area contributed by atoms with Gasteiger partial charge >= 0.3 is 0 Å². The highest BCUT2D eigenvalue weighted by molar-refractivity contribution is 7.09.